The molecule has 3 N–H and O–H groups in total. The van der Waals surface area contributed by atoms with Gasteiger partial charge in [-0.3, -0.25) is 4.79 Å². The van der Waals surface area contributed by atoms with Gasteiger partial charge >= 0.3 is 0 Å². The Morgan fingerprint density at radius 1 is 1.55 bits per heavy atom. The zero-order chi connectivity index (χ0) is 14.1. The summed E-state index contributed by atoms with van der Waals surface area (Å²) < 4.78 is 5.04. The van der Waals surface area contributed by atoms with Crippen molar-refractivity contribution in [3.05, 3.63) is 23.1 Å². The number of rotatable bonds is 1. The van der Waals surface area contributed by atoms with Gasteiger partial charge in [-0.15, -0.1) is 0 Å². The summed E-state index contributed by atoms with van der Waals surface area (Å²) in [6, 6.07) is 0. The third kappa shape index (κ3) is 2.36. The highest BCUT2D eigenvalue weighted by Crippen LogP contribution is 2.27. The highest BCUT2D eigenvalue weighted by Gasteiger charge is 2.29. The van der Waals surface area contributed by atoms with Crippen LogP contribution in [-0.2, 0) is 11.2 Å². The second-order valence-electron chi connectivity index (χ2n) is 5.03. The number of nitrogens with one attached hydrogen (secondary N) is 3. The van der Waals surface area contributed by atoms with Gasteiger partial charge in [0.2, 0.25) is 5.24 Å². The van der Waals surface area contributed by atoms with Crippen LogP contribution in [0.1, 0.15) is 17.7 Å². The molecule has 1 atom stereocenters. The lowest BCUT2D eigenvalue weighted by molar-refractivity contribution is -0.114. The fourth-order valence-corrected chi connectivity index (χ4v) is 2.74. The van der Waals surface area contributed by atoms with Crippen molar-refractivity contribution in [3.8, 4) is 0 Å². The molecule has 0 amide bonds. The Morgan fingerprint density at radius 3 is 3.15 bits per heavy atom. The summed E-state index contributed by atoms with van der Waals surface area (Å²) >= 11 is 5.62. The van der Waals surface area contributed by atoms with E-state index in [2.05, 4.69) is 15.8 Å². The molecule has 7 heteroatoms. The normalized spacial score (nSPS) is 26.6. The summed E-state index contributed by atoms with van der Waals surface area (Å²) in [6.07, 6.45) is 2.74. The topological polar surface area (TPSA) is 91.0 Å². The van der Waals surface area contributed by atoms with Crippen molar-refractivity contribution in [2.45, 2.75) is 12.8 Å². The number of carbonyl (C=O) groups excluding carboxylic acids is 1. The lowest BCUT2D eigenvalue weighted by atomic mass is 9.98. The third-order valence-corrected chi connectivity index (χ3v) is 4.02. The predicted octanol–water partition coefficient (Wildman–Crippen LogP) is 0.926. The van der Waals surface area contributed by atoms with Gasteiger partial charge in [0.1, 0.15) is 12.0 Å². The second-order valence-corrected chi connectivity index (χ2v) is 5.41. The Labute approximate surface area is 121 Å². The van der Waals surface area contributed by atoms with Crippen molar-refractivity contribution in [3.63, 3.8) is 0 Å². The van der Waals surface area contributed by atoms with E-state index in [0.717, 1.165) is 23.4 Å². The smallest absolute Gasteiger partial charge is 0.226 e. The summed E-state index contributed by atoms with van der Waals surface area (Å²) in [4.78, 5) is 11.4. The Balaban J connectivity index is 2.03. The molecule has 20 heavy (non-hydrogen) atoms. The van der Waals surface area contributed by atoms with Gasteiger partial charge in [-0.05, 0) is 18.0 Å². The molecule has 1 aromatic heterocycles. The van der Waals surface area contributed by atoms with Crippen LogP contribution in [0.15, 0.2) is 16.4 Å². The molecule has 1 aromatic rings. The van der Waals surface area contributed by atoms with Crippen LogP contribution in [0.25, 0.3) is 5.70 Å². The largest absolute Gasteiger partial charge is 0.382 e. The van der Waals surface area contributed by atoms with Gasteiger partial charge in [-0.1, -0.05) is 5.16 Å². The quantitative estimate of drug-likeness (QED) is 0.670. The maximum Gasteiger partial charge on any atom is 0.226 e. The van der Waals surface area contributed by atoms with Crippen molar-refractivity contribution in [1.29, 1.82) is 5.41 Å². The Kier molecular flexibility index (Phi) is 3.58. The number of fused-ring (bicyclic) bond motifs is 1. The summed E-state index contributed by atoms with van der Waals surface area (Å²) in [7, 11) is 0. The highest BCUT2D eigenvalue weighted by atomic mass is 35.5. The maximum absolute atomic E-state index is 11.4. The zero-order valence-corrected chi connectivity index (χ0v) is 11.6. The van der Waals surface area contributed by atoms with Crippen LogP contribution in [0.3, 0.4) is 0 Å². The molecule has 1 unspecified atom stereocenters. The molecule has 106 valence electrons. The molecule has 2 aliphatic heterocycles. The van der Waals surface area contributed by atoms with Crippen LogP contribution in [0.5, 0.6) is 0 Å². The summed E-state index contributed by atoms with van der Waals surface area (Å²) in [5, 5.41) is 18.2. The van der Waals surface area contributed by atoms with Gasteiger partial charge in [-0.2, -0.15) is 0 Å². The van der Waals surface area contributed by atoms with Crippen LogP contribution in [0.4, 0.5) is 0 Å². The van der Waals surface area contributed by atoms with Crippen molar-refractivity contribution in [1.82, 2.24) is 15.8 Å². The molecule has 3 rings (SSSR count). The fourth-order valence-electron chi connectivity index (χ4n) is 2.59. The number of aromatic nitrogens is 1. The first-order valence-electron chi connectivity index (χ1n) is 6.55. The van der Waals surface area contributed by atoms with Gasteiger partial charge < -0.3 is 20.6 Å². The minimum atomic E-state index is -0.368. The van der Waals surface area contributed by atoms with E-state index in [1.165, 1.54) is 0 Å². The summed E-state index contributed by atoms with van der Waals surface area (Å²) in [5.74, 6) is -0.307. The van der Waals surface area contributed by atoms with E-state index >= 15 is 0 Å². The monoisotopic (exact) mass is 294 g/mol. The third-order valence-electron chi connectivity index (χ3n) is 3.71. The summed E-state index contributed by atoms with van der Waals surface area (Å²) in [6.45, 7) is 1.88. The number of piperidine rings is 1. The molecule has 0 spiro atoms. The standard InChI is InChI=1S/C13H15ClN4O2/c14-13(19)7-3-8-6-20-18-11(8)12(17-4-7)9-5-16-2-1-10(9)15/h6-7,15-17H,1-5H2/b12-9-,15-10?. The number of halogens is 1. The SMILES string of the molecule is N=C1CCNC/C1=C1/NCC(C(=O)Cl)Cc2conc21. The van der Waals surface area contributed by atoms with Crippen molar-refractivity contribution >= 4 is 28.3 Å². The lowest BCUT2D eigenvalue weighted by Crippen LogP contribution is -2.33. The van der Waals surface area contributed by atoms with Crippen molar-refractivity contribution in [2.75, 3.05) is 19.6 Å². The van der Waals surface area contributed by atoms with Crippen LogP contribution in [-0.4, -0.2) is 35.7 Å². The first-order valence-corrected chi connectivity index (χ1v) is 6.93. The molecular weight excluding hydrogens is 280 g/mol. The van der Waals surface area contributed by atoms with E-state index in [-0.39, 0.29) is 11.2 Å². The van der Waals surface area contributed by atoms with E-state index in [4.69, 9.17) is 21.5 Å². The number of hydrogen-bond donors (Lipinski definition) is 3. The lowest BCUT2D eigenvalue weighted by Gasteiger charge is -2.21. The number of carbonyl (C=O) groups is 1. The average Bonchev–Trinajstić information content (AvgIpc) is 2.80. The van der Waals surface area contributed by atoms with Crippen LogP contribution in [0.2, 0.25) is 0 Å². The van der Waals surface area contributed by atoms with Gasteiger partial charge in [0.25, 0.3) is 0 Å². The van der Waals surface area contributed by atoms with Gasteiger partial charge in [0.05, 0.1) is 11.6 Å². The molecule has 0 aromatic carbocycles. The Morgan fingerprint density at radius 2 is 2.40 bits per heavy atom. The summed E-state index contributed by atoms with van der Waals surface area (Å²) in [5.41, 5.74) is 3.81. The maximum atomic E-state index is 11.4. The molecule has 1 saturated heterocycles. The van der Waals surface area contributed by atoms with Crippen LogP contribution < -0.4 is 10.6 Å². The highest BCUT2D eigenvalue weighted by molar-refractivity contribution is 6.64. The average molecular weight is 295 g/mol. The molecule has 6 nitrogen and oxygen atoms in total. The fraction of sp³-hybridized carbons (Fsp3) is 0.462. The Hall–Kier alpha value is -1.66. The van der Waals surface area contributed by atoms with Crippen LogP contribution >= 0.6 is 11.6 Å². The van der Waals surface area contributed by atoms with E-state index in [1.54, 1.807) is 6.26 Å². The van der Waals surface area contributed by atoms with E-state index in [9.17, 15) is 4.79 Å². The number of nitrogens with zero attached hydrogens (tertiary/aromatic N) is 1. The predicted molar refractivity (Wildman–Crippen MR) is 74.7 cm³/mol. The first kappa shape index (κ1) is 13.3. The zero-order valence-electron chi connectivity index (χ0n) is 10.8. The minimum absolute atomic E-state index is 0.307. The van der Waals surface area contributed by atoms with E-state index in [1.807, 2.05) is 0 Å². The molecule has 2 aliphatic rings. The van der Waals surface area contributed by atoms with Gasteiger partial charge in [0.15, 0.2) is 0 Å². The van der Waals surface area contributed by atoms with E-state index < -0.39 is 0 Å². The number of hydrogen-bond acceptors (Lipinski definition) is 6. The molecule has 3 heterocycles. The molecular formula is C13H15ClN4O2. The first-order chi connectivity index (χ1) is 9.66. The van der Waals surface area contributed by atoms with Gasteiger partial charge in [-0.25, -0.2) is 0 Å². The van der Waals surface area contributed by atoms with Gasteiger partial charge in [0, 0.05) is 42.9 Å². The molecule has 1 fully saturated rings. The van der Waals surface area contributed by atoms with Crippen molar-refractivity contribution < 1.29 is 9.32 Å². The minimum Gasteiger partial charge on any atom is -0.382 e. The molecule has 0 radical (unpaired) electrons. The molecule has 0 bridgehead atoms. The van der Waals surface area contributed by atoms with Crippen molar-refractivity contribution in [2.24, 2.45) is 5.92 Å². The molecule has 0 aliphatic carbocycles. The Bertz CT molecular complexity index is 593. The second kappa shape index (κ2) is 5.38. The van der Waals surface area contributed by atoms with E-state index in [0.29, 0.717) is 37.3 Å². The molecule has 0 saturated carbocycles. The van der Waals surface area contributed by atoms with Crippen LogP contribution in [0, 0.1) is 11.3 Å².